The van der Waals surface area contributed by atoms with Crippen LogP contribution in [0.4, 0.5) is 5.69 Å². The molecule has 7 rings (SSSR count). The fraction of sp³-hybridized carbons (Fsp3) is 0.472. The molecule has 8 nitrogen and oxygen atoms in total. The summed E-state index contributed by atoms with van der Waals surface area (Å²) in [5, 5.41) is 6.28. The fourth-order valence-electron chi connectivity index (χ4n) is 7.89. The van der Waals surface area contributed by atoms with Gasteiger partial charge >= 0.3 is 0 Å². The second kappa shape index (κ2) is 12.2. The molecule has 2 bridgehead atoms. The molecule has 2 aliphatic carbocycles. The van der Waals surface area contributed by atoms with Crippen LogP contribution in [0, 0.1) is 11.8 Å². The van der Waals surface area contributed by atoms with Crippen LogP contribution in [0.5, 0.6) is 11.5 Å². The standard InChI is InChI=1S/C36H41N3O5/c40-33(37-26-16-18-28(19-17-26)43-27-14-8-3-9-15-27)30-29-20-22-36(44-29)31(30)35(42)39(23-21-24-10-4-1-5-11-24)32(36)34(41)38-25-12-6-2-7-13-25/h3,8-10,14-20,22,25,29-32H,1-2,4-7,11-13,21,23H2,(H,37,40)(H,38,41)/t29-,30?,31-,32?,36?/m1/s1. The van der Waals surface area contributed by atoms with Crippen LogP contribution in [0.2, 0.25) is 0 Å². The first-order chi connectivity index (χ1) is 21.5. The lowest BCUT2D eigenvalue weighted by atomic mass is 9.74. The Morgan fingerprint density at radius 1 is 0.932 bits per heavy atom. The number of ether oxygens (including phenoxy) is 2. The molecular formula is C36H41N3O5. The summed E-state index contributed by atoms with van der Waals surface area (Å²) in [4.78, 5) is 43.8. The molecule has 3 aliphatic heterocycles. The average molecular weight is 596 g/mol. The number of amides is 3. The summed E-state index contributed by atoms with van der Waals surface area (Å²) in [5.41, 5.74) is 0.811. The minimum Gasteiger partial charge on any atom is -0.457 e. The maximum absolute atomic E-state index is 14.3. The molecule has 8 heteroatoms. The topological polar surface area (TPSA) is 97.0 Å². The van der Waals surface area contributed by atoms with Gasteiger partial charge in [-0.05, 0) is 81.3 Å². The number of hydrogen-bond donors (Lipinski definition) is 2. The lowest BCUT2D eigenvalue weighted by Crippen LogP contribution is -2.56. The monoisotopic (exact) mass is 595 g/mol. The van der Waals surface area contributed by atoms with E-state index >= 15 is 0 Å². The van der Waals surface area contributed by atoms with Crippen molar-refractivity contribution in [2.45, 2.75) is 88.0 Å². The Balaban J connectivity index is 1.10. The third kappa shape index (κ3) is 5.45. The number of fused-ring (bicyclic) bond motifs is 1. The van der Waals surface area contributed by atoms with Crippen molar-refractivity contribution in [1.82, 2.24) is 10.2 Å². The zero-order valence-corrected chi connectivity index (χ0v) is 25.1. The Morgan fingerprint density at radius 2 is 1.70 bits per heavy atom. The van der Waals surface area contributed by atoms with E-state index in [1.807, 2.05) is 42.5 Å². The molecule has 3 amide bonds. The zero-order valence-electron chi connectivity index (χ0n) is 25.1. The first kappa shape index (κ1) is 28.8. The van der Waals surface area contributed by atoms with E-state index in [9.17, 15) is 14.4 Å². The number of anilines is 1. The van der Waals surface area contributed by atoms with Crippen LogP contribution in [0.1, 0.15) is 64.2 Å². The molecule has 3 heterocycles. The van der Waals surface area contributed by atoms with E-state index in [2.05, 4.69) is 16.7 Å². The van der Waals surface area contributed by atoms with Gasteiger partial charge in [0, 0.05) is 18.3 Å². The Bertz CT molecular complexity index is 1450. The Labute approximate surface area is 258 Å². The molecule has 5 aliphatic rings. The summed E-state index contributed by atoms with van der Waals surface area (Å²) < 4.78 is 12.4. The van der Waals surface area contributed by atoms with Gasteiger partial charge in [-0.25, -0.2) is 0 Å². The normalized spacial score (nSPS) is 29.3. The number of benzene rings is 2. The van der Waals surface area contributed by atoms with Crippen molar-refractivity contribution < 1.29 is 23.9 Å². The van der Waals surface area contributed by atoms with E-state index in [1.54, 1.807) is 29.2 Å². The maximum atomic E-state index is 14.3. The number of carbonyl (C=O) groups excluding carboxylic acids is 3. The zero-order chi connectivity index (χ0) is 30.1. The second-order valence-corrected chi connectivity index (χ2v) is 12.9. The maximum Gasteiger partial charge on any atom is 0.246 e. The summed E-state index contributed by atoms with van der Waals surface area (Å²) >= 11 is 0. The van der Waals surface area contributed by atoms with Gasteiger partial charge in [0.1, 0.15) is 23.1 Å². The van der Waals surface area contributed by atoms with Gasteiger partial charge in [-0.15, -0.1) is 0 Å². The number of rotatable bonds is 9. The van der Waals surface area contributed by atoms with Crippen LogP contribution in [0.25, 0.3) is 0 Å². The summed E-state index contributed by atoms with van der Waals surface area (Å²) in [7, 11) is 0. The second-order valence-electron chi connectivity index (χ2n) is 12.9. The summed E-state index contributed by atoms with van der Waals surface area (Å²) in [6, 6.07) is 16.0. The van der Waals surface area contributed by atoms with Crippen LogP contribution in [-0.4, -0.2) is 53.0 Å². The number of nitrogens with one attached hydrogen (secondary N) is 2. The van der Waals surface area contributed by atoms with Gasteiger partial charge in [0.25, 0.3) is 0 Å². The first-order valence-electron chi connectivity index (χ1n) is 16.3. The molecule has 2 aromatic carbocycles. The lowest BCUT2D eigenvalue weighted by molar-refractivity contribution is -0.141. The van der Waals surface area contributed by atoms with Crippen molar-refractivity contribution in [2.75, 3.05) is 11.9 Å². The van der Waals surface area contributed by atoms with Crippen molar-refractivity contribution in [1.29, 1.82) is 0 Å². The molecule has 1 spiro atoms. The third-order valence-corrected chi connectivity index (χ3v) is 10.0. The number of likely N-dealkylation sites (tertiary alicyclic amines) is 1. The van der Waals surface area contributed by atoms with Gasteiger partial charge < -0.3 is 25.0 Å². The average Bonchev–Trinajstić information content (AvgIpc) is 3.69. The van der Waals surface area contributed by atoms with Crippen molar-refractivity contribution in [3.8, 4) is 11.5 Å². The van der Waals surface area contributed by atoms with Crippen molar-refractivity contribution in [3.63, 3.8) is 0 Å². The van der Waals surface area contributed by atoms with Gasteiger partial charge in [-0.3, -0.25) is 14.4 Å². The Hall–Kier alpha value is -3.91. The molecule has 2 saturated heterocycles. The number of nitrogens with zero attached hydrogens (tertiary/aromatic N) is 1. The predicted octanol–water partition coefficient (Wildman–Crippen LogP) is 5.91. The molecule has 1 saturated carbocycles. The molecule has 230 valence electrons. The molecule has 0 aromatic heterocycles. The third-order valence-electron chi connectivity index (χ3n) is 10.0. The van der Waals surface area contributed by atoms with E-state index < -0.39 is 29.6 Å². The highest BCUT2D eigenvalue weighted by molar-refractivity contribution is 6.02. The van der Waals surface area contributed by atoms with E-state index in [0.29, 0.717) is 18.0 Å². The number of carbonyl (C=O) groups is 3. The SMILES string of the molecule is O=C(Nc1ccc(Oc2ccccc2)cc1)C1[C@H]2C=CC3(O2)C(C(=O)NC2CCCCC2)N(CCC2=CCCCC2)C(=O)[C@@H]13. The highest BCUT2D eigenvalue weighted by atomic mass is 16.5. The molecule has 0 radical (unpaired) electrons. The van der Waals surface area contributed by atoms with Crippen molar-refractivity contribution in [3.05, 3.63) is 78.4 Å². The first-order valence-corrected chi connectivity index (χ1v) is 16.3. The predicted molar refractivity (Wildman–Crippen MR) is 167 cm³/mol. The van der Waals surface area contributed by atoms with E-state index in [0.717, 1.165) is 57.1 Å². The lowest BCUT2D eigenvalue weighted by Gasteiger charge is -2.34. The molecule has 2 N–H and O–H groups in total. The minimum atomic E-state index is -1.14. The number of allylic oxidation sites excluding steroid dienone is 1. The largest absolute Gasteiger partial charge is 0.457 e. The molecule has 5 atom stereocenters. The van der Waals surface area contributed by atoms with Gasteiger partial charge in [0.05, 0.1) is 17.9 Å². The molecule has 2 aromatic rings. The quantitative estimate of drug-likeness (QED) is 0.352. The fourth-order valence-corrected chi connectivity index (χ4v) is 7.89. The Morgan fingerprint density at radius 3 is 2.45 bits per heavy atom. The number of para-hydroxylation sites is 1. The van der Waals surface area contributed by atoms with E-state index in [1.165, 1.54) is 18.4 Å². The number of hydrogen-bond acceptors (Lipinski definition) is 5. The minimum absolute atomic E-state index is 0.111. The molecular weight excluding hydrogens is 554 g/mol. The summed E-state index contributed by atoms with van der Waals surface area (Å²) in [5.74, 6) is -0.695. The van der Waals surface area contributed by atoms with Crippen LogP contribution in [-0.2, 0) is 19.1 Å². The van der Waals surface area contributed by atoms with Crippen LogP contribution < -0.4 is 15.4 Å². The van der Waals surface area contributed by atoms with Gasteiger partial charge in [-0.1, -0.05) is 61.3 Å². The van der Waals surface area contributed by atoms with Gasteiger partial charge in [-0.2, -0.15) is 0 Å². The Kier molecular flexibility index (Phi) is 8.02. The highest BCUT2D eigenvalue weighted by Crippen LogP contribution is 2.55. The van der Waals surface area contributed by atoms with Crippen molar-refractivity contribution >= 4 is 23.4 Å². The van der Waals surface area contributed by atoms with Crippen molar-refractivity contribution in [2.24, 2.45) is 11.8 Å². The van der Waals surface area contributed by atoms with Crippen LogP contribution in [0.15, 0.2) is 78.4 Å². The van der Waals surface area contributed by atoms with Crippen LogP contribution >= 0.6 is 0 Å². The summed E-state index contributed by atoms with van der Waals surface area (Å²) in [6.45, 7) is 0.449. The van der Waals surface area contributed by atoms with Gasteiger partial charge in [0.2, 0.25) is 17.7 Å². The van der Waals surface area contributed by atoms with Gasteiger partial charge in [0.15, 0.2) is 0 Å². The van der Waals surface area contributed by atoms with E-state index in [-0.39, 0.29) is 23.8 Å². The molecule has 44 heavy (non-hydrogen) atoms. The molecule has 3 unspecified atom stereocenters. The smallest absolute Gasteiger partial charge is 0.246 e. The molecule has 3 fully saturated rings. The summed E-state index contributed by atoms with van der Waals surface area (Å²) in [6.07, 6.45) is 16.0. The van der Waals surface area contributed by atoms with Crippen LogP contribution in [0.3, 0.4) is 0 Å². The van der Waals surface area contributed by atoms with E-state index in [4.69, 9.17) is 9.47 Å². The highest BCUT2D eigenvalue weighted by Gasteiger charge is 2.72.